The van der Waals surface area contributed by atoms with Crippen LogP contribution in [-0.2, 0) is 0 Å². The maximum absolute atomic E-state index is 6.57. The largest absolute Gasteiger partial charge is 0.359 e. The van der Waals surface area contributed by atoms with Crippen LogP contribution in [0.1, 0.15) is 39.9 Å². The van der Waals surface area contributed by atoms with Crippen LogP contribution in [0.5, 0.6) is 0 Å². The normalized spacial score (nSPS) is 14.9. The summed E-state index contributed by atoms with van der Waals surface area (Å²) in [5, 5.41) is 9.72. The summed E-state index contributed by atoms with van der Waals surface area (Å²) in [7, 11) is 0. The SMILES string of the molecule is Cc1cc(C)c2c(c1)-c1cc(C)nn1C(c1cc(C)n(-c3cccc(Cl)c3Cl)c1C)N2. The Morgan fingerprint density at radius 3 is 2.52 bits per heavy atom. The molecule has 0 amide bonds. The first-order valence-corrected chi connectivity index (χ1v) is 11.1. The van der Waals surface area contributed by atoms with E-state index in [1.54, 1.807) is 0 Å². The van der Waals surface area contributed by atoms with Crippen molar-refractivity contribution in [1.29, 1.82) is 0 Å². The molecule has 1 unspecified atom stereocenters. The molecule has 0 radical (unpaired) electrons. The van der Waals surface area contributed by atoms with Gasteiger partial charge in [0.2, 0.25) is 0 Å². The van der Waals surface area contributed by atoms with Crippen molar-refractivity contribution in [3.8, 4) is 16.9 Å². The third-order valence-electron chi connectivity index (χ3n) is 6.08. The summed E-state index contributed by atoms with van der Waals surface area (Å²) < 4.78 is 4.26. The van der Waals surface area contributed by atoms with Crippen LogP contribution in [0.2, 0.25) is 10.0 Å². The first-order valence-electron chi connectivity index (χ1n) is 10.3. The second kappa shape index (κ2) is 7.18. The van der Waals surface area contributed by atoms with Crippen LogP contribution < -0.4 is 5.32 Å². The minimum atomic E-state index is -0.115. The number of benzene rings is 2. The van der Waals surface area contributed by atoms with E-state index >= 15 is 0 Å². The van der Waals surface area contributed by atoms with Gasteiger partial charge in [0.05, 0.1) is 27.1 Å². The molecular weight excluding hydrogens is 427 g/mol. The van der Waals surface area contributed by atoms with Gasteiger partial charge in [0, 0.05) is 28.2 Å². The molecule has 0 saturated carbocycles. The molecule has 0 saturated heterocycles. The van der Waals surface area contributed by atoms with Gasteiger partial charge in [0.1, 0.15) is 6.17 Å². The number of fused-ring (bicyclic) bond motifs is 3. The van der Waals surface area contributed by atoms with Gasteiger partial charge in [-0.2, -0.15) is 5.10 Å². The van der Waals surface area contributed by atoms with Crippen molar-refractivity contribution in [2.45, 2.75) is 40.8 Å². The molecule has 1 N–H and O–H groups in total. The number of halogens is 2. The van der Waals surface area contributed by atoms with Gasteiger partial charge in [-0.1, -0.05) is 40.9 Å². The molecule has 0 bridgehead atoms. The van der Waals surface area contributed by atoms with Gasteiger partial charge in [0.25, 0.3) is 0 Å². The minimum Gasteiger partial charge on any atom is -0.359 e. The standard InChI is InChI=1S/C25H24Cl2N4/c1-13-9-14(2)24-19(10-13)22-11-15(3)29-31(22)25(28-24)18-12-16(4)30(17(18)5)21-8-6-7-20(26)23(21)27/h6-12,25,28H,1-5H3. The molecule has 158 valence electrons. The van der Waals surface area contributed by atoms with E-state index in [0.29, 0.717) is 10.0 Å². The first-order chi connectivity index (χ1) is 14.8. The van der Waals surface area contributed by atoms with Gasteiger partial charge in [0.15, 0.2) is 0 Å². The van der Waals surface area contributed by atoms with Crippen molar-refractivity contribution in [2.75, 3.05) is 5.32 Å². The molecule has 2 aromatic heterocycles. The molecule has 1 aliphatic heterocycles. The van der Waals surface area contributed by atoms with Gasteiger partial charge >= 0.3 is 0 Å². The lowest BCUT2D eigenvalue weighted by Crippen LogP contribution is -2.26. The van der Waals surface area contributed by atoms with Crippen molar-refractivity contribution in [3.63, 3.8) is 0 Å². The van der Waals surface area contributed by atoms with Crippen LogP contribution in [0.15, 0.2) is 42.5 Å². The highest BCUT2D eigenvalue weighted by molar-refractivity contribution is 6.43. The van der Waals surface area contributed by atoms with E-state index in [1.807, 2.05) is 25.1 Å². The number of rotatable bonds is 2. The predicted octanol–water partition coefficient (Wildman–Crippen LogP) is 7.16. The van der Waals surface area contributed by atoms with Crippen molar-refractivity contribution < 1.29 is 0 Å². The van der Waals surface area contributed by atoms with Crippen molar-refractivity contribution in [2.24, 2.45) is 0 Å². The molecule has 0 aliphatic carbocycles. The van der Waals surface area contributed by atoms with E-state index in [2.05, 4.69) is 66.5 Å². The number of aromatic nitrogens is 3. The Kier molecular flexibility index (Phi) is 4.68. The van der Waals surface area contributed by atoms with Crippen LogP contribution in [0.4, 0.5) is 5.69 Å². The highest BCUT2D eigenvalue weighted by Crippen LogP contribution is 2.42. The van der Waals surface area contributed by atoms with E-state index < -0.39 is 0 Å². The average Bonchev–Trinajstić information content (AvgIpc) is 3.23. The molecule has 31 heavy (non-hydrogen) atoms. The van der Waals surface area contributed by atoms with Gasteiger partial charge in [-0.15, -0.1) is 0 Å². The maximum Gasteiger partial charge on any atom is 0.149 e. The zero-order valence-electron chi connectivity index (χ0n) is 18.2. The lowest BCUT2D eigenvalue weighted by Gasteiger charge is -2.31. The summed E-state index contributed by atoms with van der Waals surface area (Å²) >= 11 is 12.9. The summed E-state index contributed by atoms with van der Waals surface area (Å²) in [6.45, 7) is 10.5. The second-order valence-electron chi connectivity index (χ2n) is 8.40. The first kappa shape index (κ1) is 20.2. The Labute approximate surface area is 192 Å². The fourth-order valence-electron chi connectivity index (χ4n) is 4.78. The monoisotopic (exact) mass is 450 g/mol. The van der Waals surface area contributed by atoms with E-state index in [4.69, 9.17) is 28.3 Å². The van der Waals surface area contributed by atoms with Crippen molar-refractivity contribution in [1.82, 2.24) is 14.3 Å². The summed E-state index contributed by atoms with van der Waals surface area (Å²) in [6, 6.07) is 14.6. The quantitative estimate of drug-likeness (QED) is 0.351. The summed E-state index contributed by atoms with van der Waals surface area (Å²) in [4.78, 5) is 0. The van der Waals surface area contributed by atoms with Crippen LogP contribution in [0.25, 0.3) is 16.9 Å². The Balaban J connectivity index is 1.71. The van der Waals surface area contributed by atoms with Crippen molar-refractivity contribution >= 4 is 28.9 Å². The molecule has 0 spiro atoms. The fraction of sp³-hybridized carbons (Fsp3) is 0.240. The zero-order chi connectivity index (χ0) is 22.0. The minimum absolute atomic E-state index is 0.115. The third-order valence-corrected chi connectivity index (χ3v) is 6.89. The molecule has 0 fully saturated rings. The van der Waals surface area contributed by atoms with Crippen LogP contribution in [0.3, 0.4) is 0 Å². The Bertz CT molecular complexity index is 1350. The summed E-state index contributed by atoms with van der Waals surface area (Å²) in [5.41, 5.74) is 11.2. The van der Waals surface area contributed by atoms with Gasteiger partial charge < -0.3 is 9.88 Å². The van der Waals surface area contributed by atoms with Crippen molar-refractivity contribution in [3.05, 3.63) is 86.3 Å². The lowest BCUT2D eigenvalue weighted by atomic mass is 9.98. The van der Waals surface area contributed by atoms with E-state index in [0.717, 1.165) is 39.7 Å². The smallest absolute Gasteiger partial charge is 0.149 e. The molecule has 4 nitrogen and oxygen atoms in total. The number of nitrogens with zero attached hydrogens (tertiary/aromatic N) is 3. The zero-order valence-corrected chi connectivity index (χ0v) is 19.7. The number of hydrogen-bond donors (Lipinski definition) is 1. The molecule has 3 heterocycles. The molecule has 6 heteroatoms. The van der Waals surface area contributed by atoms with Gasteiger partial charge in [-0.05, 0) is 70.5 Å². The average molecular weight is 451 g/mol. The Morgan fingerprint density at radius 1 is 0.968 bits per heavy atom. The van der Waals surface area contributed by atoms with Crippen LogP contribution in [-0.4, -0.2) is 14.3 Å². The molecule has 2 aromatic carbocycles. The number of hydrogen-bond acceptors (Lipinski definition) is 2. The topological polar surface area (TPSA) is 34.8 Å². The summed E-state index contributed by atoms with van der Waals surface area (Å²) in [6.07, 6.45) is -0.115. The second-order valence-corrected chi connectivity index (χ2v) is 9.19. The Morgan fingerprint density at radius 2 is 1.74 bits per heavy atom. The highest BCUT2D eigenvalue weighted by atomic mass is 35.5. The third kappa shape index (κ3) is 3.08. The molecular formula is C25H24Cl2N4. The molecule has 1 atom stereocenters. The number of anilines is 1. The lowest BCUT2D eigenvalue weighted by molar-refractivity contribution is 0.567. The van der Waals surface area contributed by atoms with Crippen LogP contribution in [0, 0.1) is 34.6 Å². The molecule has 1 aliphatic rings. The van der Waals surface area contributed by atoms with Gasteiger partial charge in [-0.25, -0.2) is 4.68 Å². The maximum atomic E-state index is 6.57. The Hall–Kier alpha value is -2.69. The highest BCUT2D eigenvalue weighted by Gasteiger charge is 2.30. The van der Waals surface area contributed by atoms with E-state index in [1.165, 1.54) is 16.7 Å². The molecule has 4 aromatic rings. The number of nitrogens with one attached hydrogen (secondary N) is 1. The van der Waals surface area contributed by atoms with Gasteiger partial charge in [-0.3, -0.25) is 0 Å². The van der Waals surface area contributed by atoms with E-state index in [9.17, 15) is 0 Å². The van der Waals surface area contributed by atoms with E-state index in [-0.39, 0.29) is 6.17 Å². The summed E-state index contributed by atoms with van der Waals surface area (Å²) in [5.74, 6) is 0. The predicted molar refractivity (Wildman–Crippen MR) is 129 cm³/mol. The number of aryl methyl sites for hydroxylation is 4. The van der Waals surface area contributed by atoms with Crippen LogP contribution >= 0.6 is 23.2 Å². The fourth-order valence-corrected chi connectivity index (χ4v) is 5.16. The molecule has 5 rings (SSSR count).